The molecule has 55 valence electrons. The van der Waals surface area contributed by atoms with Gasteiger partial charge in [-0.25, -0.2) is 0 Å². The van der Waals surface area contributed by atoms with Gasteiger partial charge in [-0.05, 0) is 0 Å². The molecule has 0 unspecified atom stereocenters. The van der Waals surface area contributed by atoms with Crippen LogP contribution in [0.15, 0.2) is 0 Å². The molecule has 0 spiro atoms. The van der Waals surface area contributed by atoms with Crippen LogP contribution in [0.1, 0.15) is 2.85 Å². The van der Waals surface area contributed by atoms with Crippen LogP contribution in [0.4, 0.5) is 0 Å². The van der Waals surface area contributed by atoms with E-state index in [1.165, 1.54) is 0 Å². The molecule has 8 heavy (non-hydrogen) atoms. The van der Waals surface area contributed by atoms with Gasteiger partial charge in [0.2, 0.25) is 0 Å². The molecule has 0 N–H and O–H groups in total. The van der Waals surface area contributed by atoms with Crippen molar-refractivity contribution in [1.82, 2.24) is 0 Å². The van der Waals surface area contributed by atoms with Crippen molar-refractivity contribution in [3.8, 4) is 0 Å². The molecule has 0 aliphatic heterocycles. The normalized spacial score (nSPS) is 0.625. The minimum absolute atomic E-state index is 0. The van der Waals surface area contributed by atoms with Crippen molar-refractivity contribution >= 4 is 0 Å². The van der Waals surface area contributed by atoms with E-state index >= 15 is 0 Å². The van der Waals surface area contributed by atoms with Crippen LogP contribution in [0, 0.1) is 0 Å². The molecule has 0 fully saturated rings. The molecule has 0 amide bonds. The van der Waals surface area contributed by atoms with Gasteiger partial charge in [0.15, 0.2) is 0 Å². The number of rotatable bonds is 0. The maximum atomic E-state index is 7.94. The molecule has 0 aliphatic carbocycles. The van der Waals surface area contributed by atoms with E-state index in [2.05, 4.69) is 15.7 Å². The van der Waals surface area contributed by atoms with E-state index in [0.717, 1.165) is 0 Å². The van der Waals surface area contributed by atoms with Gasteiger partial charge in [0.25, 0.3) is 0 Å². The SMILES string of the molecule is [Co].[H-].[H-].[Li+].[Li+].[Mn].[Ni].[Ni].[O]=[Co]. The zero-order chi connectivity index (χ0) is 2.00. The Balaban J connectivity index is -0.000000000179. The first-order valence-corrected chi connectivity index (χ1v) is 0.561. The first kappa shape index (κ1) is 62.5. The van der Waals surface area contributed by atoms with E-state index in [1.54, 1.807) is 0 Å². The van der Waals surface area contributed by atoms with Gasteiger partial charge < -0.3 is 2.85 Å². The molecule has 8 heteroatoms. The van der Waals surface area contributed by atoms with Gasteiger partial charge in [0, 0.05) is 66.8 Å². The van der Waals surface area contributed by atoms with Crippen molar-refractivity contribution < 1.29 is 127 Å². The standard InChI is InChI=1S/2Co.2Li.Mn.2Ni.O.2H/q;;2*+1;;;;;2*-1. The van der Waals surface area contributed by atoms with Crippen LogP contribution in [-0.2, 0) is 86.4 Å². The van der Waals surface area contributed by atoms with Crippen molar-refractivity contribution in [2.24, 2.45) is 0 Å². The zero-order valence-corrected chi connectivity index (χ0v) is 9.32. The van der Waals surface area contributed by atoms with E-state index in [0.29, 0.717) is 0 Å². The van der Waals surface area contributed by atoms with Crippen molar-refractivity contribution in [2.45, 2.75) is 0 Å². The predicted octanol–water partition coefficient (Wildman–Crippen LogP) is -5.90. The molecule has 0 aromatic carbocycles. The second kappa shape index (κ2) is 77.1. The summed E-state index contributed by atoms with van der Waals surface area (Å²) in [6.07, 6.45) is 0. The van der Waals surface area contributed by atoms with Crippen LogP contribution in [0.5, 0.6) is 0 Å². The van der Waals surface area contributed by atoms with Gasteiger partial charge in [-0.2, -0.15) is 0 Å². The van der Waals surface area contributed by atoms with Crippen LogP contribution in [-0.4, -0.2) is 0 Å². The zero-order valence-electron chi connectivity index (χ0n) is 6.09. The average molecular weight is 322 g/mol. The van der Waals surface area contributed by atoms with Gasteiger partial charge in [0.05, 0.1) is 0 Å². The Hall–Kier alpha value is 3.51. The summed E-state index contributed by atoms with van der Waals surface area (Å²) in [5.74, 6) is 0. The van der Waals surface area contributed by atoms with Crippen LogP contribution in [0.3, 0.4) is 0 Å². The van der Waals surface area contributed by atoms with Gasteiger partial charge >= 0.3 is 57.3 Å². The fourth-order valence-electron chi connectivity index (χ4n) is 0. The molecule has 0 atom stereocenters. The third kappa shape index (κ3) is 55.8. The molecule has 0 aromatic rings. The van der Waals surface area contributed by atoms with E-state index in [1.807, 2.05) is 0 Å². The summed E-state index contributed by atoms with van der Waals surface area (Å²) in [6.45, 7) is 0. The fourth-order valence-corrected chi connectivity index (χ4v) is 0. The van der Waals surface area contributed by atoms with Crippen LogP contribution >= 0.6 is 0 Å². The fraction of sp³-hybridized carbons (Fsp3) is 0. The van der Waals surface area contributed by atoms with Crippen molar-refractivity contribution in [3.05, 3.63) is 0 Å². The summed E-state index contributed by atoms with van der Waals surface area (Å²) in [4.78, 5) is 0. The third-order valence-electron chi connectivity index (χ3n) is 0. The van der Waals surface area contributed by atoms with Crippen molar-refractivity contribution in [1.29, 1.82) is 0 Å². The first-order chi connectivity index (χ1) is 1.00. The molecule has 0 saturated carbocycles. The molecule has 2 radical (unpaired) electrons. The van der Waals surface area contributed by atoms with Crippen LogP contribution < -0.4 is 37.7 Å². The Morgan fingerprint density at radius 2 is 1.00 bits per heavy atom. The molecule has 0 aromatic heterocycles. The summed E-state index contributed by atoms with van der Waals surface area (Å²) in [5.41, 5.74) is 0. The number of hydrogen-bond acceptors (Lipinski definition) is 1. The first-order valence-electron chi connectivity index (χ1n) is 0.136. The molecule has 0 saturated heterocycles. The molecular formula is H2Co2Li2MnNi2O. The van der Waals surface area contributed by atoms with Gasteiger partial charge in [0.1, 0.15) is 0 Å². The maximum absolute atomic E-state index is 7.94. The molecule has 0 rings (SSSR count). The monoisotopic (exact) mass is 321 g/mol. The van der Waals surface area contributed by atoms with Gasteiger partial charge in [-0.3, -0.25) is 0 Å². The van der Waals surface area contributed by atoms with Crippen LogP contribution in [0.25, 0.3) is 0 Å². The Kier molecular flexibility index (Phi) is 602. The Labute approximate surface area is 125 Å². The van der Waals surface area contributed by atoms with E-state index < -0.39 is 0 Å². The third-order valence-corrected chi connectivity index (χ3v) is 0. The minimum atomic E-state index is 0. The summed E-state index contributed by atoms with van der Waals surface area (Å²) in [6, 6.07) is 0. The molecule has 1 nitrogen and oxygen atoms in total. The van der Waals surface area contributed by atoms with E-state index in [4.69, 9.17) is 3.87 Å². The van der Waals surface area contributed by atoms with Gasteiger partial charge in [-0.15, -0.1) is 0 Å². The Morgan fingerprint density at radius 3 is 1.00 bits per heavy atom. The Morgan fingerprint density at radius 1 is 1.00 bits per heavy atom. The average Bonchev–Trinajstić information content (AvgIpc) is 1.00. The quantitative estimate of drug-likeness (QED) is 0.406. The summed E-state index contributed by atoms with van der Waals surface area (Å²) in [5, 5.41) is 0. The van der Waals surface area contributed by atoms with Crippen molar-refractivity contribution in [3.63, 3.8) is 0 Å². The summed E-state index contributed by atoms with van der Waals surface area (Å²) >= 11 is 2.31. The predicted molar refractivity (Wildman–Crippen MR) is 2.91 cm³/mol. The second-order valence-electron chi connectivity index (χ2n) is 0. The Bertz CT molecular complexity index is 25.2. The van der Waals surface area contributed by atoms with Crippen molar-refractivity contribution in [2.75, 3.05) is 0 Å². The van der Waals surface area contributed by atoms with Crippen LogP contribution in [0.2, 0.25) is 0 Å². The molecular weight excluding hydrogens is 320 g/mol. The molecule has 0 bridgehead atoms. The number of hydrogen-bond donors (Lipinski definition) is 0. The summed E-state index contributed by atoms with van der Waals surface area (Å²) in [7, 11) is 0. The van der Waals surface area contributed by atoms with E-state index in [-0.39, 0.29) is 107 Å². The second-order valence-corrected chi connectivity index (χ2v) is 0. The van der Waals surface area contributed by atoms with Gasteiger partial charge in [-0.1, -0.05) is 0 Å². The molecule has 0 heterocycles. The van der Waals surface area contributed by atoms with E-state index in [9.17, 15) is 0 Å². The molecule has 0 aliphatic rings. The summed E-state index contributed by atoms with van der Waals surface area (Å²) < 4.78 is 7.94. The topological polar surface area (TPSA) is 17.1 Å².